The molecule has 2 aliphatic heterocycles. The third-order valence-corrected chi connectivity index (χ3v) is 5.26. The summed E-state index contributed by atoms with van der Waals surface area (Å²) in [5.74, 6) is 4.93. The van der Waals surface area contributed by atoms with Gasteiger partial charge in [-0.05, 0) is 48.0 Å². The van der Waals surface area contributed by atoms with E-state index in [-0.39, 0.29) is 6.79 Å². The first-order chi connectivity index (χ1) is 15.8. The fourth-order valence-electron chi connectivity index (χ4n) is 3.68. The zero-order valence-corrected chi connectivity index (χ0v) is 17.0. The molecule has 9 nitrogen and oxygen atoms in total. The van der Waals surface area contributed by atoms with E-state index in [0.717, 1.165) is 33.9 Å². The molecule has 0 bridgehead atoms. The number of benzene rings is 2. The second-order valence-corrected chi connectivity index (χ2v) is 7.32. The van der Waals surface area contributed by atoms with Gasteiger partial charge in [-0.1, -0.05) is 6.07 Å². The van der Waals surface area contributed by atoms with E-state index in [2.05, 4.69) is 25.5 Å². The lowest BCUT2D eigenvalue weighted by Crippen LogP contribution is -2.15. The normalized spacial score (nSPS) is 13.8. The van der Waals surface area contributed by atoms with Crippen LogP contribution < -0.4 is 24.3 Å². The van der Waals surface area contributed by atoms with Crippen molar-refractivity contribution in [1.82, 2.24) is 20.2 Å². The highest BCUT2D eigenvalue weighted by Crippen LogP contribution is 2.36. The Labute approximate surface area is 183 Å². The maximum absolute atomic E-state index is 5.67. The number of aromatic nitrogens is 4. The SMILES string of the molecule is c1cnc(NCc2ccc3c(c2)OCCO3)c(-c2nnc(-c3ccc4c(c3)OCO4)[nH]2)c1. The summed E-state index contributed by atoms with van der Waals surface area (Å²) in [6, 6.07) is 15.4. The van der Waals surface area contributed by atoms with Gasteiger partial charge in [-0.25, -0.2) is 4.98 Å². The Morgan fingerprint density at radius 3 is 2.56 bits per heavy atom. The Morgan fingerprint density at radius 1 is 0.812 bits per heavy atom. The molecule has 2 aromatic carbocycles. The minimum Gasteiger partial charge on any atom is -0.486 e. The van der Waals surface area contributed by atoms with E-state index < -0.39 is 0 Å². The molecule has 0 amide bonds. The van der Waals surface area contributed by atoms with Gasteiger partial charge in [0.1, 0.15) is 19.0 Å². The average molecular weight is 429 g/mol. The summed E-state index contributed by atoms with van der Waals surface area (Å²) < 4.78 is 22.1. The van der Waals surface area contributed by atoms with Crippen LogP contribution in [0, 0.1) is 0 Å². The topological polar surface area (TPSA) is 103 Å². The van der Waals surface area contributed by atoms with Crippen LogP contribution in [0.25, 0.3) is 22.8 Å². The van der Waals surface area contributed by atoms with Gasteiger partial charge in [0.25, 0.3) is 0 Å². The fraction of sp³-hybridized carbons (Fsp3) is 0.174. The minimum absolute atomic E-state index is 0.231. The second-order valence-electron chi connectivity index (χ2n) is 7.32. The number of nitrogens with zero attached hydrogens (tertiary/aromatic N) is 3. The summed E-state index contributed by atoms with van der Waals surface area (Å²) in [6.07, 6.45) is 1.74. The lowest BCUT2D eigenvalue weighted by Gasteiger charge is -2.19. The summed E-state index contributed by atoms with van der Waals surface area (Å²) in [5.41, 5.74) is 2.75. The van der Waals surface area contributed by atoms with Crippen LogP contribution in [0.5, 0.6) is 23.0 Å². The average Bonchev–Trinajstić information content (AvgIpc) is 3.52. The first-order valence-electron chi connectivity index (χ1n) is 10.2. The number of H-pyrrole nitrogens is 1. The van der Waals surface area contributed by atoms with Crippen LogP contribution in [0.15, 0.2) is 54.7 Å². The lowest BCUT2D eigenvalue weighted by atomic mass is 10.1. The highest BCUT2D eigenvalue weighted by Gasteiger charge is 2.17. The Balaban J connectivity index is 1.23. The fourth-order valence-corrected chi connectivity index (χ4v) is 3.68. The van der Waals surface area contributed by atoms with Gasteiger partial charge >= 0.3 is 0 Å². The lowest BCUT2D eigenvalue weighted by molar-refractivity contribution is 0.171. The molecule has 160 valence electrons. The van der Waals surface area contributed by atoms with Crippen molar-refractivity contribution in [2.45, 2.75) is 6.54 Å². The van der Waals surface area contributed by atoms with E-state index in [1.807, 2.05) is 48.5 Å². The molecule has 0 fully saturated rings. The summed E-state index contributed by atoms with van der Waals surface area (Å²) >= 11 is 0. The van der Waals surface area contributed by atoms with Crippen molar-refractivity contribution in [3.8, 4) is 45.8 Å². The molecule has 2 aliphatic rings. The van der Waals surface area contributed by atoms with Crippen molar-refractivity contribution in [3.05, 3.63) is 60.3 Å². The van der Waals surface area contributed by atoms with Crippen molar-refractivity contribution >= 4 is 5.82 Å². The second kappa shape index (κ2) is 7.77. The number of anilines is 1. The van der Waals surface area contributed by atoms with Crippen LogP contribution in [0.2, 0.25) is 0 Å². The number of fused-ring (bicyclic) bond motifs is 2. The third kappa shape index (κ3) is 3.43. The third-order valence-electron chi connectivity index (χ3n) is 5.26. The molecule has 2 aromatic heterocycles. The van der Waals surface area contributed by atoms with Gasteiger partial charge in [0.2, 0.25) is 6.79 Å². The van der Waals surface area contributed by atoms with Crippen LogP contribution in [0.3, 0.4) is 0 Å². The van der Waals surface area contributed by atoms with Gasteiger partial charge in [-0.3, -0.25) is 0 Å². The molecule has 0 spiro atoms. The highest BCUT2D eigenvalue weighted by atomic mass is 16.7. The van der Waals surface area contributed by atoms with Gasteiger partial charge in [-0.15, -0.1) is 10.2 Å². The molecule has 4 aromatic rings. The number of rotatable bonds is 5. The van der Waals surface area contributed by atoms with Crippen LogP contribution >= 0.6 is 0 Å². The van der Waals surface area contributed by atoms with Crippen LogP contribution in [-0.4, -0.2) is 40.2 Å². The Kier molecular flexibility index (Phi) is 4.49. The van der Waals surface area contributed by atoms with Gasteiger partial charge in [0.05, 0.1) is 5.56 Å². The zero-order valence-electron chi connectivity index (χ0n) is 17.0. The molecule has 0 unspecified atom stereocenters. The van der Waals surface area contributed by atoms with Crippen molar-refractivity contribution in [3.63, 3.8) is 0 Å². The molecular formula is C23H19N5O4. The molecule has 2 N–H and O–H groups in total. The monoisotopic (exact) mass is 429 g/mol. The Morgan fingerprint density at radius 2 is 1.59 bits per heavy atom. The first kappa shape index (κ1) is 18.5. The molecule has 0 saturated heterocycles. The number of pyridine rings is 1. The zero-order chi connectivity index (χ0) is 21.3. The molecular weight excluding hydrogens is 410 g/mol. The maximum atomic E-state index is 5.67. The minimum atomic E-state index is 0.231. The van der Waals surface area contributed by atoms with Crippen LogP contribution in [-0.2, 0) is 6.54 Å². The standard InChI is InChI=1S/C23H19N5O4/c1-2-16(23-26-21(27-28-23)15-4-6-18-20(11-15)32-13-31-18)22(24-7-1)25-12-14-3-5-17-19(10-14)30-9-8-29-17/h1-7,10-11H,8-9,12-13H2,(H,24,25)(H,26,27,28). The Hall–Kier alpha value is -4.27. The van der Waals surface area contributed by atoms with Crippen LogP contribution in [0.1, 0.15) is 5.56 Å². The molecule has 32 heavy (non-hydrogen) atoms. The van der Waals surface area contributed by atoms with E-state index in [9.17, 15) is 0 Å². The quantitative estimate of drug-likeness (QED) is 0.496. The summed E-state index contributed by atoms with van der Waals surface area (Å²) in [5, 5.41) is 12.0. The van der Waals surface area contributed by atoms with Gasteiger partial charge in [0, 0.05) is 18.3 Å². The summed E-state index contributed by atoms with van der Waals surface area (Å²) in [4.78, 5) is 7.78. The van der Waals surface area contributed by atoms with Crippen molar-refractivity contribution in [2.24, 2.45) is 0 Å². The van der Waals surface area contributed by atoms with E-state index in [1.165, 1.54) is 0 Å². The first-order valence-corrected chi connectivity index (χ1v) is 10.2. The van der Waals surface area contributed by atoms with Crippen molar-refractivity contribution in [2.75, 3.05) is 25.3 Å². The molecule has 0 aliphatic carbocycles. The van der Waals surface area contributed by atoms with E-state index >= 15 is 0 Å². The maximum Gasteiger partial charge on any atom is 0.231 e. The molecule has 4 heterocycles. The molecule has 0 saturated carbocycles. The Bertz CT molecular complexity index is 1290. The van der Waals surface area contributed by atoms with E-state index in [1.54, 1.807) is 6.20 Å². The molecule has 6 rings (SSSR count). The molecule has 0 radical (unpaired) electrons. The molecule has 0 atom stereocenters. The van der Waals surface area contributed by atoms with Crippen molar-refractivity contribution < 1.29 is 18.9 Å². The van der Waals surface area contributed by atoms with Crippen LogP contribution in [0.4, 0.5) is 5.82 Å². The van der Waals surface area contributed by atoms with Gasteiger partial charge < -0.3 is 29.2 Å². The van der Waals surface area contributed by atoms with E-state index in [0.29, 0.717) is 43.0 Å². The summed E-state index contributed by atoms with van der Waals surface area (Å²) in [7, 11) is 0. The highest BCUT2D eigenvalue weighted by molar-refractivity contribution is 5.72. The van der Waals surface area contributed by atoms with Gasteiger partial charge in [-0.2, -0.15) is 0 Å². The number of ether oxygens (including phenoxy) is 4. The predicted octanol–water partition coefficient (Wildman–Crippen LogP) is 3.65. The van der Waals surface area contributed by atoms with E-state index in [4.69, 9.17) is 18.9 Å². The largest absolute Gasteiger partial charge is 0.486 e. The number of hydrogen-bond donors (Lipinski definition) is 2. The molecule has 9 heteroatoms. The van der Waals surface area contributed by atoms with Gasteiger partial charge in [0.15, 0.2) is 34.6 Å². The smallest absolute Gasteiger partial charge is 0.231 e. The predicted molar refractivity (Wildman–Crippen MR) is 116 cm³/mol. The number of hydrogen-bond acceptors (Lipinski definition) is 8. The number of aromatic amines is 1. The van der Waals surface area contributed by atoms with Crippen molar-refractivity contribution in [1.29, 1.82) is 0 Å². The number of nitrogens with one attached hydrogen (secondary N) is 2. The summed E-state index contributed by atoms with van der Waals surface area (Å²) in [6.45, 7) is 1.94.